The SMILES string of the molecule is CC(C)NC(=O)c1cc(Cl)cc2c1OC(C)C2. The molecule has 17 heavy (non-hydrogen) atoms. The third-order valence-corrected chi connectivity index (χ3v) is 2.84. The minimum atomic E-state index is -0.132. The van der Waals surface area contributed by atoms with Crippen molar-refractivity contribution in [3.8, 4) is 5.75 Å². The molecule has 0 aliphatic carbocycles. The molecule has 1 aliphatic rings. The molecule has 0 aromatic heterocycles. The highest BCUT2D eigenvalue weighted by Gasteiger charge is 2.26. The van der Waals surface area contributed by atoms with Crippen LogP contribution >= 0.6 is 11.6 Å². The van der Waals surface area contributed by atoms with E-state index in [-0.39, 0.29) is 18.1 Å². The number of hydrogen-bond donors (Lipinski definition) is 1. The molecule has 1 amide bonds. The van der Waals surface area contributed by atoms with Crippen LogP contribution in [0.15, 0.2) is 12.1 Å². The van der Waals surface area contributed by atoms with E-state index in [1.807, 2.05) is 26.8 Å². The number of amides is 1. The molecule has 1 unspecified atom stereocenters. The average molecular weight is 254 g/mol. The zero-order valence-electron chi connectivity index (χ0n) is 10.2. The fraction of sp³-hybridized carbons (Fsp3) is 0.462. The Bertz CT molecular complexity index is 457. The number of rotatable bonds is 2. The Labute approximate surface area is 106 Å². The van der Waals surface area contributed by atoms with Crippen LogP contribution in [-0.4, -0.2) is 18.1 Å². The summed E-state index contributed by atoms with van der Waals surface area (Å²) >= 11 is 6.02. The number of fused-ring (bicyclic) bond motifs is 1. The number of benzene rings is 1. The lowest BCUT2D eigenvalue weighted by Crippen LogP contribution is -2.30. The smallest absolute Gasteiger partial charge is 0.255 e. The van der Waals surface area contributed by atoms with Gasteiger partial charge in [0.1, 0.15) is 11.9 Å². The van der Waals surface area contributed by atoms with Crippen molar-refractivity contribution >= 4 is 17.5 Å². The number of carbonyl (C=O) groups is 1. The Balaban J connectivity index is 2.38. The Morgan fingerprint density at radius 1 is 1.53 bits per heavy atom. The Morgan fingerprint density at radius 2 is 2.24 bits per heavy atom. The van der Waals surface area contributed by atoms with Gasteiger partial charge >= 0.3 is 0 Å². The summed E-state index contributed by atoms with van der Waals surface area (Å²) in [7, 11) is 0. The molecule has 4 heteroatoms. The Kier molecular flexibility index (Phi) is 3.29. The van der Waals surface area contributed by atoms with E-state index in [0.29, 0.717) is 16.3 Å². The van der Waals surface area contributed by atoms with Gasteiger partial charge in [-0.15, -0.1) is 0 Å². The highest BCUT2D eigenvalue weighted by molar-refractivity contribution is 6.31. The van der Waals surface area contributed by atoms with Crippen molar-refractivity contribution < 1.29 is 9.53 Å². The minimum Gasteiger partial charge on any atom is -0.489 e. The molecule has 0 spiro atoms. The first-order valence-corrected chi connectivity index (χ1v) is 6.15. The summed E-state index contributed by atoms with van der Waals surface area (Å²) in [5, 5.41) is 3.43. The third-order valence-electron chi connectivity index (χ3n) is 2.62. The molecule has 3 nitrogen and oxygen atoms in total. The Hall–Kier alpha value is -1.22. The van der Waals surface area contributed by atoms with Crippen LogP contribution in [0.1, 0.15) is 36.7 Å². The van der Waals surface area contributed by atoms with Crippen molar-refractivity contribution in [3.63, 3.8) is 0 Å². The number of halogens is 1. The van der Waals surface area contributed by atoms with E-state index in [0.717, 1.165) is 12.0 Å². The first-order chi connectivity index (χ1) is 7.97. The van der Waals surface area contributed by atoms with Crippen LogP contribution in [0.5, 0.6) is 5.75 Å². The Morgan fingerprint density at radius 3 is 2.88 bits per heavy atom. The highest BCUT2D eigenvalue weighted by atomic mass is 35.5. The quantitative estimate of drug-likeness (QED) is 0.880. The molecular weight excluding hydrogens is 238 g/mol. The van der Waals surface area contributed by atoms with Gasteiger partial charge in [0, 0.05) is 23.0 Å². The third kappa shape index (κ3) is 2.55. The molecule has 1 aliphatic heterocycles. The molecule has 1 heterocycles. The fourth-order valence-corrected chi connectivity index (χ4v) is 2.24. The summed E-state index contributed by atoms with van der Waals surface area (Å²) < 4.78 is 5.68. The van der Waals surface area contributed by atoms with Crippen LogP contribution in [0.2, 0.25) is 5.02 Å². The van der Waals surface area contributed by atoms with Gasteiger partial charge in [0.2, 0.25) is 0 Å². The van der Waals surface area contributed by atoms with E-state index in [9.17, 15) is 4.79 Å². The monoisotopic (exact) mass is 253 g/mol. The molecule has 0 radical (unpaired) electrons. The van der Waals surface area contributed by atoms with Gasteiger partial charge in [-0.3, -0.25) is 4.79 Å². The van der Waals surface area contributed by atoms with E-state index < -0.39 is 0 Å². The summed E-state index contributed by atoms with van der Waals surface area (Å²) in [5.41, 5.74) is 1.55. The van der Waals surface area contributed by atoms with Crippen LogP contribution in [0.3, 0.4) is 0 Å². The van der Waals surface area contributed by atoms with Crippen LogP contribution in [0, 0.1) is 0 Å². The zero-order chi connectivity index (χ0) is 12.6. The molecule has 1 aromatic carbocycles. The maximum atomic E-state index is 12.0. The topological polar surface area (TPSA) is 38.3 Å². The summed E-state index contributed by atoms with van der Waals surface area (Å²) in [5.74, 6) is 0.549. The summed E-state index contributed by atoms with van der Waals surface area (Å²) in [6.07, 6.45) is 0.909. The van der Waals surface area contributed by atoms with E-state index >= 15 is 0 Å². The second kappa shape index (κ2) is 4.57. The second-order valence-electron chi connectivity index (χ2n) is 4.70. The van der Waals surface area contributed by atoms with Crippen LogP contribution in [0.4, 0.5) is 0 Å². The highest BCUT2D eigenvalue weighted by Crippen LogP contribution is 2.35. The molecule has 92 valence electrons. The van der Waals surface area contributed by atoms with Gasteiger partial charge in [-0.25, -0.2) is 0 Å². The second-order valence-corrected chi connectivity index (χ2v) is 5.14. The van der Waals surface area contributed by atoms with Crippen molar-refractivity contribution in [3.05, 3.63) is 28.3 Å². The number of carbonyl (C=O) groups excluding carboxylic acids is 1. The molecule has 0 fully saturated rings. The lowest BCUT2D eigenvalue weighted by Gasteiger charge is -2.12. The first kappa shape index (κ1) is 12.2. The molecular formula is C13H16ClNO2. The van der Waals surface area contributed by atoms with Crippen molar-refractivity contribution in [1.82, 2.24) is 5.32 Å². The fourth-order valence-electron chi connectivity index (χ4n) is 2.00. The molecule has 1 atom stereocenters. The van der Waals surface area contributed by atoms with E-state index in [4.69, 9.17) is 16.3 Å². The normalized spacial score (nSPS) is 17.8. The van der Waals surface area contributed by atoms with Crippen LogP contribution in [-0.2, 0) is 6.42 Å². The average Bonchev–Trinajstić information content (AvgIpc) is 2.55. The predicted molar refractivity (Wildman–Crippen MR) is 67.8 cm³/mol. The van der Waals surface area contributed by atoms with Crippen molar-refractivity contribution in [2.24, 2.45) is 0 Å². The van der Waals surface area contributed by atoms with Crippen molar-refractivity contribution in [2.75, 3.05) is 0 Å². The van der Waals surface area contributed by atoms with Crippen LogP contribution in [0.25, 0.3) is 0 Å². The van der Waals surface area contributed by atoms with E-state index in [1.165, 1.54) is 0 Å². The lowest BCUT2D eigenvalue weighted by atomic mass is 10.1. The molecule has 2 rings (SSSR count). The first-order valence-electron chi connectivity index (χ1n) is 5.77. The number of hydrogen-bond acceptors (Lipinski definition) is 2. The summed E-state index contributed by atoms with van der Waals surface area (Å²) in [6, 6.07) is 3.62. The van der Waals surface area contributed by atoms with Crippen molar-refractivity contribution in [1.29, 1.82) is 0 Å². The standard InChI is InChI=1S/C13H16ClNO2/c1-7(2)15-13(16)11-6-10(14)5-9-4-8(3)17-12(9)11/h5-8H,4H2,1-3H3,(H,15,16). The van der Waals surface area contributed by atoms with Gasteiger partial charge in [0.05, 0.1) is 5.56 Å². The minimum absolute atomic E-state index is 0.0935. The maximum Gasteiger partial charge on any atom is 0.255 e. The van der Waals surface area contributed by atoms with Gasteiger partial charge < -0.3 is 10.1 Å². The van der Waals surface area contributed by atoms with Gasteiger partial charge in [0.25, 0.3) is 5.91 Å². The molecule has 1 aromatic rings. The largest absolute Gasteiger partial charge is 0.489 e. The lowest BCUT2D eigenvalue weighted by molar-refractivity contribution is 0.0938. The maximum absolute atomic E-state index is 12.0. The zero-order valence-corrected chi connectivity index (χ0v) is 11.0. The van der Waals surface area contributed by atoms with Gasteiger partial charge in [0.15, 0.2) is 0 Å². The molecule has 1 N–H and O–H groups in total. The molecule has 0 saturated heterocycles. The number of ether oxygens (including phenoxy) is 1. The predicted octanol–water partition coefficient (Wildman–Crippen LogP) is 2.80. The van der Waals surface area contributed by atoms with E-state index in [1.54, 1.807) is 6.07 Å². The summed E-state index contributed by atoms with van der Waals surface area (Å²) in [4.78, 5) is 12.0. The van der Waals surface area contributed by atoms with E-state index in [2.05, 4.69) is 5.32 Å². The van der Waals surface area contributed by atoms with Gasteiger partial charge in [-0.2, -0.15) is 0 Å². The van der Waals surface area contributed by atoms with Gasteiger partial charge in [-0.1, -0.05) is 11.6 Å². The van der Waals surface area contributed by atoms with Gasteiger partial charge in [-0.05, 0) is 32.9 Å². The molecule has 0 bridgehead atoms. The van der Waals surface area contributed by atoms with Crippen molar-refractivity contribution in [2.45, 2.75) is 39.3 Å². The number of nitrogens with one attached hydrogen (secondary N) is 1. The summed E-state index contributed by atoms with van der Waals surface area (Å²) in [6.45, 7) is 5.83. The molecule has 0 saturated carbocycles. The van der Waals surface area contributed by atoms with Crippen LogP contribution < -0.4 is 10.1 Å².